The Kier molecular flexibility index (Phi) is 14.7. The highest BCUT2D eigenvalue weighted by molar-refractivity contribution is 7.44. The first-order chi connectivity index (χ1) is 26.6. The zero-order valence-electron chi connectivity index (χ0n) is 32.9. The normalized spacial score (nSPS) is 13.1. The lowest BCUT2D eigenvalue weighted by Crippen LogP contribution is -2.39. The molecule has 3 aromatic carbocycles. The molecule has 2 atom stereocenters. The Bertz CT molecular complexity index is 1940. The topological polar surface area (TPSA) is 132 Å². The molecule has 0 saturated heterocycles. The van der Waals surface area contributed by atoms with Crippen LogP contribution < -0.4 is 9.47 Å². The quantitative estimate of drug-likeness (QED) is 0.0253. The van der Waals surface area contributed by atoms with Crippen LogP contribution in [0.5, 0.6) is 11.5 Å². The first-order valence-corrected chi connectivity index (χ1v) is 19.3. The van der Waals surface area contributed by atoms with Gasteiger partial charge in [-0.3, -0.25) is 0 Å². The predicted molar refractivity (Wildman–Crippen MR) is 216 cm³/mol. The molecule has 0 fully saturated rings. The third kappa shape index (κ3) is 10.0. The average molecular weight is 767 g/mol. The number of rotatable bonds is 20. The summed E-state index contributed by atoms with van der Waals surface area (Å²) in [6.07, 6.45) is 4.54. The minimum Gasteiger partial charge on any atom is -0.497 e. The van der Waals surface area contributed by atoms with Crippen LogP contribution in [0.4, 0.5) is 5.82 Å². The molecule has 0 aliphatic carbocycles. The molecule has 5 aromatic rings. The molecule has 0 spiro atoms. The standard InChI is InChI=1S/C41H51N8O5P/c1-30(2)49(31(3)4)55(53-24-12-23-42)54-37(25-48-29-45-38-39(46-28-47(5)6)43-27-44-40(38)48)26-52-41(32-13-10-9-11-14-32,33-15-19-35(50-7)20-16-33)34-17-21-36(51-8)22-18-34/h9-11,13-22,27-31,37H,12,24-26H2,1-8H3/t37-,55?/m0/s1. The molecule has 0 radical (unpaired) electrons. The zero-order chi connectivity index (χ0) is 39.4. The van der Waals surface area contributed by atoms with Crippen LogP contribution >= 0.6 is 8.53 Å². The molecule has 2 aromatic heterocycles. The van der Waals surface area contributed by atoms with E-state index in [1.54, 1.807) is 26.9 Å². The summed E-state index contributed by atoms with van der Waals surface area (Å²) in [5, 5.41) is 9.40. The summed E-state index contributed by atoms with van der Waals surface area (Å²) >= 11 is 0. The van der Waals surface area contributed by atoms with Crippen LogP contribution in [0, 0.1) is 11.3 Å². The van der Waals surface area contributed by atoms with Crippen LogP contribution in [0.25, 0.3) is 11.2 Å². The van der Waals surface area contributed by atoms with Gasteiger partial charge in [0.25, 0.3) is 8.53 Å². The van der Waals surface area contributed by atoms with Crippen molar-refractivity contribution in [1.29, 1.82) is 5.26 Å². The Labute approximate surface area is 325 Å². The SMILES string of the molecule is COc1ccc(C(OC[C@H](Cn2cnc3c(N=CN(C)C)ncnc32)OP(OCCC#N)N(C(C)C)C(C)C)(c2ccccc2)c2ccc(OC)cc2)cc1. The van der Waals surface area contributed by atoms with Gasteiger partial charge in [0.05, 0.1) is 59.1 Å². The third-order valence-electron chi connectivity index (χ3n) is 8.75. The van der Waals surface area contributed by atoms with Gasteiger partial charge in [0.15, 0.2) is 17.0 Å². The van der Waals surface area contributed by atoms with E-state index in [9.17, 15) is 5.26 Å². The Hall–Kier alpha value is -4.96. The molecular formula is C41H51N8O5P. The lowest BCUT2D eigenvalue weighted by molar-refractivity contribution is -0.0381. The second kappa shape index (κ2) is 19.6. The van der Waals surface area contributed by atoms with Crippen molar-refractivity contribution in [2.45, 2.75) is 64.4 Å². The fraction of sp³-hybridized carbons (Fsp3) is 0.390. The summed E-state index contributed by atoms with van der Waals surface area (Å²) in [5.41, 5.74) is 2.79. The van der Waals surface area contributed by atoms with Crippen LogP contribution in [0.2, 0.25) is 0 Å². The summed E-state index contributed by atoms with van der Waals surface area (Å²) in [4.78, 5) is 20.0. The van der Waals surface area contributed by atoms with Crippen molar-refractivity contribution in [1.82, 2.24) is 29.1 Å². The molecule has 290 valence electrons. The molecule has 0 bridgehead atoms. The van der Waals surface area contributed by atoms with E-state index >= 15 is 0 Å². The van der Waals surface area contributed by atoms with Gasteiger partial charge in [0.1, 0.15) is 29.5 Å². The highest BCUT2D eigenvalue weighted by Crippen LogP contribution is 2.48. The number of methoxy groups -OCH3 is 2. The molecule has 0 N–H and O–H groups in total. The van der Waals surface area contributed by atoms with Crippen molar-refractivity contribution >= 4 is 31.8 Å². The van der Waals surface area contributed by atoms with Gasteiger partial charge < -0.3 is 32.7 Å². The van der Waals surface area contributed by atoms with Crippen molar-refractivity contribution < 1.29 is 23.3 Å². The van der Waals surface area contributed by atoms with Crippen LogP contribution in [-0.2, 0) is 25.9 Å². The maximum absolute atomic E-state index is 9.40. The summed E-state index contributed by atoms with van der Waals surface area (Å²) in [6.45, 7) is 9.11. The van der Waals surface area contributed by atoms with Gasteiger partial charge in [-0.05, 0) is 68.7 Å². The van der Waals surface area contributed by atoms with Crippen LogP contribution in [0.1, 0.15) is 50.8 Å². The van der Waals surface area contributed by atoms with Crippen LogP contribution in [0.3, 0.4) is 0 Å². The number of imidazole rings is 1. The Morgan fingerprint density at radius 2 is 1.45 bits per heavy atom. The van der Waals surface area contributed by atoms with Gasteiger partial charge >= 0.3 is 0 Å². The molecule has 0 amide bonds. The number of fused-ring (bicyclic) bond motifs is 1. The third-order valence-corrected chi connectivity index (χ3v) is 10.9. The number of hydrogen-bond donors (Lipinski definition) is 0. The van der Waals surface area contributed by atoms with E-state index < -0.39 is 20.2 Å². The number of nitriles is 1. The number of benzene rings is 3. The number of nitrogens with zero attached hydrogens (tertiary/aromatic N) is 8. The minimum atomic E-state index is -1.65. The van der Waals surface area contributed by atoms with Crippen molar-refractivity contribution in [2.75, 3.05) is 41.5 Å². The number of ether oxygens (including phenoxy) is 3. The largest absolute Gasteiger partial charge is 0.497 e. The fourth-order valence-electron chi connectivity index (χ4n) is 6.32. The number of aliphatic imine (C=N–C) groups is 1. The van der Waals surface area contributed by atoms with Gasteiger partial charge in [0.2, 0.25) is 0 Å². The highest BCUT2D eigenvalue weighted by Gasteiger charge is 2.40. The summed E-state index contributed by atoms with van der Waals surface area (Å²) in [7, 11) is 5.44. The molecule has 5 rings (SSSR count). The van der Waals surface area contributed by atoms with Crippen molar-refractivity contribution in [3.05, 3.63) is 108 Å². The van der Waals surface area contributed by atoms with Crippen LogP contribution in [0.15, 0.2) is 96.5 Å². The molecule has 2 heterocycles. The van der Waals surface area contributed by atoms with Gasteiger partial charge in [0, 0.05) is 26.2 Å². The summed E-state index contributed by atoms with van der Waals surface area (Å²) < 4.78 is 36.1. The van der Waals surface area contributed by atoms with Crippen molar-refractivity contribution in [3.63, 3.8) is 0 Å². The first kappa shape index (κ1) is 41.2. The molecule has 0 aliphatic rings. The lowest BCUT2D eigenvalue weighted by atomic mass is 9.80. The van der Waals surface area contributed by atoms with E-state index in [0.717, 1.165) is 28.2 Å². The maximum atomic E-state index is 9.40. The van der Waals surface area contributed by atoms with E-state index in [1.165, 1.54) is 6.33 Å². The number of aromatic nitrogens is 4. The monoisotopic (exact) mass is 766 g/mol. The smallest absolute Gasteiger partial charge is 0.259 e. The highest BCUT2D eigenvalue weighted by atomic mass is 31.2. The zero-order valence-corrected chi connectivity index (χ0v) is 33.8. The molecule has 0 aliphatic heterocycles. The lowest BCUT2D eigenvalue weighted by Gasteiger charge is -2.39. The average Bonchev–Trinajstić information content (AvgIpc) is 3.60. The molecular weight excluding hydrogens is 715 g/mol. The molecule has 1 unspecified atom stereocenters. The predicted octanol–water partition coefficient (Wildman–Crippen LogP) is 7.73. The summed E-state index contributed by atoms with van der Waals surface area (Å²) in [5.74, 6) is 1.92. The van der Waals surface area contributed by atoms with Gasteiger partial charge in [-0.15, -0.1) is 0 Å². The van der Waals surface area contributed by atoms with Gasteiger partial charge in [-0.1, -0.05) is 54.6 Å². The summed E-state index contributed by atoms with van der Waals surface area (Å²) in [6, 6.07) is 28.4. The van der Waals surface area contributed by atoms with E-state index in [1.807, 2.05) is 90.3 Å². The Morgan fingerprint density at radius 3 is 2.00 bits per heavy atom. The molecule has 0 saturated carbocycles. The van der Waals surface area contributed by atoms with E-state index in [2.05, 4.69) is 70.5 Å². The molecule has 55 heavy (non-hydrogen) atoms. The molecule has 13 nitrogen and oxygen atoms in total. The molecule has 14 heteroatoms. The van der Waals surface area contributed by atoms with Gasteiger partial charge in [-0.25, -0.2) is 24.6 Å². The van der Waals surface area contributed by atoms with E-state index in [-0.39, 0.29) is 31.7 Å². The van der Waals surface area contributed by atoms with Crippen molar-refractivity contribution in [3.8, 4) is 17.6 Å². The van der Waals surface area contributed by atoms with Gasteiger partial charge in [-0.2, -0.15) is 5.26 Å². The Balaban J connectivity index is 1.64. The van der Waals surface area contributed by atoms with E-state index in [0.29, 0.717) is 23.5 Å². The second-order valence-electron chi connectivity index (χ2n) is 13.6. The van der Waals surface area contributed by atoms with Crippen molar-refractivity contribution in [2.24, 2.45) is 4.99 Å². The number of hydrogen-bond acceptors (Lipinski definition) is 11. The first-order valence-electron chi connectivity index (χ1n) is 18.2. The van der Waals surface area contributed by atoms with E-state index in [4.69, 9.17) is 23.3 Å². The fourth-order valence-corrected chi connectivity index (χ4v) is 8.00. The maximum Gasteiger partial charge on any atom is 0.259 e. The Morgan fingerprint density at radius 1 is 0.855 bits per heavy atom. The minimum absolute atomic E-state index is 0.0932. The second-order valence-corrected chi connectivity index (χ2v) is 15.0. The van der Waals surface area contributed by atoms with Crippen LogP contribution in [-0.4, -0.2) is 95.1 Å².